The van der Waals surface area contributed by atoms with Gasteiger partial charge in [0.1, 0.15) is 11.4 Å². The molecule has 0 fully saturated rings. The second-order valence-electron chi connectivity index (χ2n) is 5.55. The third kappa shape index (κ3) is 3.45. The molecule has 0 aliphatic heterocycles. The van der Waals surface area contributed by atoms with E-state index in [4.69, 9.17) is 16.3 Å². The van der Waals surface area contributed by atoms with E-state index in [1.807, 2.05) is 12.1 Å². The van der Waals surface area contributed by atoms with Crippen molar-refractivity contribution in [1.29, 1.82) is 0 Å². The maximum absolute atomic E-state index is 11.9. The van der Waals surface area contributed by atoms with Crippen LogP contribution in [0.1, 0.15) is 15.9 Å². The molecular weight excluding hydrogens is 356 g/mol. The molecule has 0 spiro atoms. The van der Waals surface area contributed by atoms with Crippen LogP contribution >= 0.6 is 11.6 Å². The Bertz CT molecular complexity index is 1020. The summed E-state index contributed by atoms with van der Waals surface area (Å²) in [4.78, 5) is 35.7. The van der Waals surface area contributed by atoms with Crippen LogP contribution < -0.4 is 21.5 Å². The molecule has 7 heteroatoms. The zero-order valence-corrected chi connectivity index (χ0v) is 14.6. The summed E-state index contributed by atoms with van der Waals surface area (Å²) in [6.45, 7) is 0.356. The predicted molar refractivity (Wildman–Crippen MR) is 101 cm³/mol. The van der Waals surface area contributed by atoms with Crippen LogP contribution in [0, 0.1) is 0 Å². The number of anilines is 3. The number of para-hydroxylation sites is 1. The highest BCUT2D eigenvalue weighted by Gasteiger charge is 2.22. The molecule has 0 aliphatic rings. The number of nitrogens with one attached hydrogen (secondary N) is 2. The predicted octanol–water partition coefficient (Wildman–Crippen LogP) is 3.08. The van der Waals surface area contributed by atoms with Gasteiger partial charge in [0.25, 0.3) is 10.9 Å². The number of methoxy groups -OCH3 is 1. The summed E-state index contributed by atoms with van der Waals surface area (Å²) in [6, 6.07) is 13.7. The molecule has 0 saturated heterocycles. The minimum absolute atomic E-state index is 0.125. The molecule has 0 heterocycles. The van der Waals surface area contributed by atoms with Crippen molar-refractivity contribution in [3.05, 3.63) is 85.1 Å². The summed E-state index contributed by atoms with van der Waals surface area (Å²) in [5.41, 5.74) is 0.640. The monoisotopic (exact) mass is 370 g/mol. The van der Waals surface area contributed by atoms with E-state index in [0.717, 1.165) is 5.56 Å². The van der Waals surface area contributed by atoms with Crippen molar-refractivity contribution in [2.75, 3.05) is 17.7 Å². The van der Waals surface area contributed by atoms with Gasteiger partial charge in [-0.2, -0.15) is 0 Å². The van der Waals surface area contributed by atoms with Crippen LogP contribution in [0.4, 0.5) is 17.1 Å². The van der Waals surface area contributed by atoms with E-state index in [9.17, 15) is 14.4 Å². The van der Waals surface area contributed by atoms with Crippen LogP contribution in [0.2, 0.25) is 5.02 Å². The Morgan fingerprint density at radius 1 is 1.00 bits per heavy atom. The molecule has 132 valence electrons. The lowest BCUT2D eigenvalue weighted by molar-refractivity contribution is 0.0602. The minimum atomic E-state index is -0.636. The summed E-state index contributed by atoms with van der Waals surface area (Å²) in [7, 11) is 1.27. The molecular formula is C19H15ClN2O4. The molecule has 2 N–H and O–H groups in total. The number of rotatable bonds is 6. The van der Waals surface area contributed by atoms with Crippen molar-refractivity contribution in [1.82, 2.24) is 0 Å². The number of hydrogen-bond donors (Lipinski definition) is 2. The van der Waals surface area contributed by atoms with E-state index in [2.05, 4.69) is 10.6 Å². The first kappa shape index (κ1) is 17.7. The van der Waals surface area contributed by atoms with E-state index in [0.29, 0.717) is 17.3 Å². The maximum atomic E-state index is 11.9. The van der Waals surface area contributed by atoms with Crippen molar-refractivity contribution in [2.45, 2.75) is 6.54 Å². The molecule has 0 amide bonds. The number of carbonyl (C=O) groups is 1. The lowest BCUT2D eigenvalue weighted by Gasteiger charge is -2.16. The number of hydrogen-bond acceptors (Lipinski definition) is 6. The standard InChI is InChI=1S/C19H15ClN2O4/c1-26-19(25)13-4-2-3-5-14(13)22-16-15(17(23)18(16)24)21-10-11-6-8-12(20)9-7-11/h2-9,21-22H,10H2,1H3. The SMILES string of the molecule is COC(=O)c1ccccc1Nc1c(NCc2ccc(Cl)cc2)c(=O)c1=O. The molecule has 0 unspecified atom stereocenters. The zero-order chi connectivity index (χ0) is 18.7. The Hall–Kier alpha value is -3.12. The third-order valence-electron chi connectivity index (χ3n) is 3.88. The number of ether oxygens (including phenoxy) is 1. The summed E-state index contributed by atoms with van der Waals surface area (Å²) in [5.74, 6) is -0.539. The highest BCUT2D eigenvalue weighted by Crippen LogP contribution is 2.24. The summed E-state index contributed by atoms with van der Waals surface area (Å²) in [5, 5.41) is 6.43. The van der Waals surface area contributed by atoms with Gasteiger partial charge in [0.15, 0.2) is 0 Å². The fraction of sp³-hybridized carbons (Fsp3) is 0.105. The molecule has 0 aliphatic carbocycles. The van der Waals surface area contributed by atoms with E-state index in [-0.39, 0.29) is 16.9 Å². The van der Waals surface area contributed by atoms with Gasteiger partial charge in [0, 0.05) is 11.6 Å². The first-order valence-electron chi connectivity index (χ1n) is 7.77. The number of esters is 1. The number of carbonyl (C=O) groups excluding carboxylic acids is 1. The average Bonchev–Trinajstić information content (AvgIpc) is 2.68. The smallest absolute Gasteiger partial charge is 0.339 e. The fourth-order valence-corrected chi connectivity index (χ4v) is 2.61. The molecule has 6 nitrogen and oxygen atoms in total. The third-order valence-corrected chi connectivity index (χ3v) is 4.14. The molecule has 3 aromatic carbocycles. The van der Waals surface area contributed by atoms with Gasteiger partial charge in [-0.1, -0.05) is 35.9 Å². The molecule has 3 rings (SSSR count). The quantitative estimate of drug-likeness (QED) is 0.512. The number of benzene rings is 2. The van der Waals surface area contributed by atoms with E-state index < -0.39 is 16.8 Å². The van der Waals surface area contributed by atoms with Gasteiger partial charge in [-0.3, -0.25) is 9.59 Å². The van der Waals surface area contributed by atoms with Crippen LogP contribution in [0.5, 0.6) is 0 Å². The maximum Gasteiger partial charge on any atom is 0.339 e. The summed E-state index contributed by atoms with van der Waals surface area (Å²) < 4.78 is 4.73. The summed E-state index contributed by atoms with van der Waals surface area (Å²) >= 11 is 5.84. The molecule has 26 heavy (non-hydrogen) atoms. The molecule has 0 aromatic heterocycles. The number of halogens is 1. The van der Waals surface area contributed by atoms with Gasteiger partial charge in [-0.05, 0) is 29.8 Å². The Balaban J connectivity index is 1.81. The van der Waals surface area contributed by atoms with Crippen molar-refractivity contribution in [2.24, 2.45) is 0 Å². The van der Waals surface area contributed by atoms with Gasteiger partial charge < -0.3 is 15.4 Å². The normalized spacial score (nSPS) is 10.5. The van der Waals surface area contributed by atoms with Crippen molar-refractivity contribution in [3.8, 4) is 0 Å². The zero-order valence-electron chi connectivity index (χ0n) is 13.8. The van der Waals surface area contributed by atoms with E-state index in [1.54, 1.807) is 36.4 Å². The van der Waals surface area contributed by atoms with Crippen LogP contribution in [-0.4, -0.2) is 13.1 Å². The Morgan fingerprint density at radius 3 is 2.35 bits per heavy atom. The fourth-order valence-electron chi connectivity index (χ4n) is 2.49. The Kier molecular flexibility index (Phi) is 5.04. The van der Waals surface area contributed by atoms with Gasteiger partial charge >= 0.3 is 5.97 Å². The van der Waals surface area contributed by atoms with Crippen molar-refractivity contribution in [3.63, 3.8) is 0 Å². The largest absolute Gasteiger partial charge is 0.465 e. The topological polar surface area (TPSA) is 84.5 Å². The van der Waals surface area contributed by atoms with E-state index in [1.165, 1.54) is 7.11 Å². The molecule has 0 bridgehead atoms. The molecule has 0 saturated carbocycles. The molecule has 0 atom stereocenters. The van der Waals surface area contributed by atoms with Gasteiger partial charge in [0.2, 0.25) is 0 Å². The van der Waals surface area contributed by atoms with Crippen LogP contribution in [-0.2, 0) is 11.3 Å². The van der Waals surface area contributed by atoms with Gasteiger partial charge in [-0.25, -0.2) is 4.79 Å². The molecule has 3 aromatic rings. The lowest BCUT2D eigenvalue weighted by Crippen LogP contribution is -2.36. The highest BCUT2D eigenvalue weighted by atomic mass is 35.5. The first-order chi connectivity index (χ1) is 12.5. The Labute approximate surface area is 154 Å². The second-order valence-corrected chi connectivity index (χ2v) is 5.99. The van der Waals surface area contributed by atoms with Gasteiger partial charge in [-0.15, -0.1) is 0 Å². The first-order valence-corrected chi connectivity index (χ1v) is 8.15. The van der Waals surface area contributed by atoms with E-state index >= 15 is 0 Å². The summed E-state index contributed by atoms with van der Waals surface area (Å²) in [6.07, 6.45) is 0. The molecule has 0 radical (unpaired) electrons. The highest BCUT2D eigenvalue weighted by molar-refractivity contribution is 6.30. The van der Waals surface area contributed by atoms with Gasteiger partial charge in [0.05, 0.1) is 18.4 Å². The lowest BCUT2D eigenvalue weighted by atomic mass is 10.1. The van der Waals surface area contributed by atoms with Crippen molar-refractivity contribution >= 4 is 34.6 Å². The van der Waals surface area contributed by atoms with Crippen LogP contribution in [0.15, 0.2) is 58.1 Å². The van der Waals surface area contributed by atoms with Crippen LogP contribution in [0.25, 0.3) is 0 Å². The Morgan fingerprint density at radius 2 is 1.65 bits per heavy atom. The second kappa shape index (κ2) is 7.41. The minimum Gasteiger partial charge on any atom is -0.465 e. The average molecular weight is 371 g/mol. The van der Waals surface area contributed by atoms with Crippen molar-refractivity contribution < 1.29 is 9.53 Å². The van der Waals surface area contributed by atoms with Crippen LogP contribution in [0.3, 0.4) is 0 Å².